The molecule has 44 heavy (non-hydrogen) atoms. The Balaban J connectivity index is 0.950. The molecule has 6 rings (SSSR count). The SMILES string of the molecule is CN1CC(Nc2nc3sccn3c(=O)c2Br)CC(c2ccc(OCCN3CC4(CCN(C(=O)OC(C)(C)C)CC4)C3)cc2)C1. The van der Waals surface area contributed by atoms with Crippen molar-refractivity contribution in [2.75, 3.05) is 64.8 Å². The van der Waals surface area contributed by atoms with Crippen LogP contribution in [0.5, 0.6) is 5.75 Å². The Bertz CT molecular complexity index is 1520. The molecule has 0 saturated carbocycles. The average molecular weight is 688 g/mol. The molecule has 1 spiro atoms. The molecule has 10 nitrogen and oxygen atoms in total. The van der Waals surface area contributed by atoms with Crippen LogP contribution in [0.25, 0.3) is 4.96 Å². The number of piperidine rings is 2. The first-order valence-corrected chi connectivity index (χ1v) is 17.2. The molecule has 0 aliphatic carbocycles. The van der Waals surface area contributed by atoms with E-state index in [-0.39, 0.29) is 17.7 Å². The minimum absolute atomic E-state index is 0.0933. The Morgan fingerprint density at radius 3 is 2.59 bits per heavy atom. The van der Waals surface area contributed by atoms with Crippen molar-refractivity contribution in [3.63, 3.8) is 0 Å². The molecular formula is C32H43BrN6O4S. The summed E-state index contributed by atoms with van der Waals surface area (Å²) >= 11 is 4.92. The molecule has 2 aromatic heterocycles. The standard InChI is InChI=1S/C32H43BrN6O4S/c1-31(2,3)43-30(41)38-11-9-32(10-12-38)20-37(21-32)13-15-42-25-7-5-22(6-8-25)23-17-24(19-36(4)18-23)34-27-26(33)28(40)39-14-16-44-29(39)35-27/h5-8,14,16,23-24,34H,9-13,15,17-21H2,1-4H3. The lowest BCUT2D eigenvalue weighted by molar-refractivity contribution is -0.0545. The number of hydrogen-bond acceptors (Lipinski definition) is 9. The van der Waals surface area contributed by atoms with E-state index in [4.69, 9.17) is 9.47 Å². The molecule has 12 heteroatoms. The lowest BCUT2D eigenvalue weighted by atomic mass is 9.72. The van der Waals surface area contributed by atoms with Gasteiger partial charge in [0.2, 0.25) is 0 Å². The molecule has 0 radical (unpaired) electrons. The van der Waals surface area contributed by atoms with Crippen LogP contribution in [0.4, 0.5) is 10.6 Å². The van der Waals surface area contributed by atoms with Crippen molar-refractivity contribution < 1.29 is 14.3 Å². The highest BCUT2D eigenvalue weighted by molar-refractivity contribution is 9.10. The predicted octanol–water partition coefficient (Wildman–Crippen LogP) is 5.13. The van der Waals surface area contributed by atoms with Gasteiger partial charge in [-0.05, 0) is 92.0 Å². The second-order valence-corrected chi connectivity index (χ2v) is 15.4. The first-order chi connectivity index (χ1) is 21.0. The van der Waals surface area contributed by atoms with E-state index >= 15 is 0 Å². The van der Waals surface area contributed by atoms with Crippen molar-refractivity contribution in [1.29, 1.82) is 0 Å². The number of benzene rings is 1. The summed E-state index contributed by atoms with van der Waals surface area (Å²) in [4.78, 5) is 37.1. The molecule has 5 heterocycles. The molecule has 1 aromatic carbocycles. The quantitative estimate of drug-likeness (QED) is 0.366. The van der Waals surface area contributed by atoms with E-state index in [9.17, 15) is 9.59 Å². The fourth-order valence-electron chi connectivity index (χ4n) is 6.81. The Hall–Kier alpha value is -2.67. The summed E-state index contributed by atoms with van der Waals surface area (Å²) in [5, 5.41) is 5.41. The van der Waals surface area contributed by atoms with Gasteiger partial charge in [0.1, 0.15) is 28.2 Å². The number of rotatable bonds is 7. The van der Waals surface area contributed by atoms with E-state index in [1.165, 1.54) is 16.9 Å². The molecule has 2 atom stereocenters. The van der Waals surface area contributed by atoms with E-state index in [1.807, 2.05) is 31.1 Å². The summed E-state index contributed by atoms with van der Waals surface area (Å²) < 4.78 is 13.7. The monoisotopic (exact) mass is 686 g/mol. The zero-order valence-corrected chi connectivity index (χ0v) is 28.5. The number of likely N-dealkylation sites (tertiary alicyclic amines) is 3. The van der Waals surface area contributed by atoms with Crippen LogP contribution in [0.15, 0.2) is 45.1 Å². The number of aromatic nitrogens is 2. The van der Waals surface area contributed by atoms with Gasteiger partial charge >= 0.3 is 6.09 Å². The Kier molecular flexibility index (Phi) is 8.98. The van der Waals surface area contributed by atoms with Crippen molar-refractivity contribution in [3.05, 3.63) is 56.2 Å². The highest BCUT2D eigenvalue weighted by Crippen LogP contribution is 2.40. The van der Waals surface area contributed by atoms with Crippen LogP contribution in [0.2, 0.25) is 0 Å². The summed E-state index contributed by atoms with van der Waals surface area (Å²) in [5.41, 5.74) is 1.08. The summed E-state index contributed by atoms with van der Waals surface area (Å²) in [6.45, 7) is 12.9. The van der Waals surface area contributed by atoms with Crippen molar-refractivity contribution in [1.82, 2.24) is 24.1 Å². The van der Waals surface area contributed by atoms with Gasteiger partial charge in [-0.25, -0.2) is 9.78 Å². The maximum atomic E-state index is 12.7. The number of thiazole rings is 1. The highest BCUT2D eigenvalue weighted by Gasteiger charge is 2.45. The molecule has 3 aliphatic rings. The van der Waals surface area contributed by atoms with Gasteiger partial charge in [0.05, 0.1) is 0 Å². The van der Waals surface area contributed by atoms with E-state index < -0.39 is 5.60 Å². The number of likely N-dealkylation sites (N-methyl/N-ethyl adjacent to an activating group) is 1. The first-order valence-electron chi connectivity index (χ1n) is 15.5. The minimum Gasteiger partial charge on any atom is -0.492 e. The van der Waals surface area contributed by atoms with Gasteiger partial charge in [0.15, 0.2) is 4.96 Å². The van der Waals surface area contributed by atoms with Gasteiger partial charge in [0.25, 0.3) is 5.56 Å². The van der Waals surface area contributed by atoms with Crippen LogP contribution in [0.3, 0.4) is 0 Å². The third-order valence-corrected chi connectivity index (χ3v) is 10.5. The smallest absolute Gasteiger partial charge is 0.410 e. The van der Waals surface area contributed by atoms with Gasteiger partial charge in [-0.1, -0.05) is 12.1 Å². The van der Waals surface area contributed by atoms with Crippen LogP contribution in [0.1, 0.15) is 51.5 Å². The molecular weight excluding hydrogens is 644 g/mol. The van der Waals surface area contributed by atoms with Gasteiger partial charge in [-0.2, -0.15) is 0 Å². The fraction of sp³-hybridized carbons (Fsp3) is 0.594. The van der Waals surface area contributed by atoms with Crippen LogP contribution in [0, 0.1) is 5.41 Å². The number of carbonyl (C=O) groups is 1. The first kappa shape index (κ1) is 31.3. The molecule has 3 aromatic rings. The highest BCUT2D eigenvalue weighted by atomic mass is 79.9. The fourth-order valence-corrected chi connectivity index (χ4v) is 7.91. The van der Waals surface area contributed by atoms with Gasteiger partial charge < -0.3 is 24.6 Å². The van der Waals surface area contributed by atoms with Crippen molar-refractivity contribution in [2.45, 2.75) is 57.6 Å². The number of halogens is 1. The maximum Gasteiger partial charge on any atom is 0.410 e. The number of ether oxygens (including phenoxy) is 2. The number of nitrogens with one attached hydrogen (secondary N) is 1. The predicted molar refractivity (Wildman–Crippen MR) is 177 cm³/mol. The lowest BCUT2D eigenvalue weighted by Crippen LogP contribution is -2.61. The van der Waals surface area contributed by atoms with E-state index in [1.54, 1.807) is 10.6 Å². The summed E-state index contributed by atoms with van der Waals surface area (Å²) in [6.07, 6.45) is 4.59. The summed E-state index contributed by atoms with van der Waals surface area (Å²) in [7, 11) is 2.14. The number of hydrogen-bond donors (Lipinski definition) is 1. The Morgan fingerprint density at radius 2 is 1.89 bits per heavy atom. The third-order valence-electron chi connectivity index (χ3n) is 9.01. The van der Waals surface area contributed by atoms with Gasteiger partial charge in [-0.3, -0.25) is 14.1 Å². The second-order valence-electron chi connectivity index (χ2n) is 13.7. The topological polar surface area (TPSA) is 91.7 Å². The van der Waals surface area contributed by atoms with E-state index in [0.717, 1.165) is 70.8 Å². The Morgan fingerprint density at radius 1 is 1.16 bits per heavy atom. The number of amides is 1. The maximum absolute atomic E-state index is 12.7. The van der Waals surface area contributed by atoms with Crippen molar-refractivity contribution in [3.8, 4) is 5.75 Å². The van der Waals surface area contributed by atoms with Crippen LogP contribution in [-0.2, 0) is 4.74 Å². The molecule has 2 unspecified atom stereocenters. The van der Waals surface area contributed by atoms with Crippen LogP contribution >= 0.6 is 27.3 Å². The van der Waals surface area contributed by atoms with E-state index in [0.29, 0.717) is 33.2 Å². The molecule has 1 N–H and O–H groups in total. The molecule has 0 bridgehead atoms. The second kappa shape index (κ2) is 12.6. The summed E-state index contributed by atoms with van der Waals surface area (Å²) in [6, 6.07) is 8.71. The van der Waals surface area contributed by atoms with Gasteiger partial charge in [-0.15, -0.1) is 11.3 Å². The zero-order chi connectivity index (χ0) is 31.1. The molecule has 238 valence electrons. The van der Waals surface area contributed by atoms with E-state index in [2.05, 4.69) is 67.3 Å². The molecule has 1 amide bonds. The average Bonchev–Trinajstić information content (AvgIpc) is 3.43. The molecule has 3 fully saturated rings. The van der Waals surface area contributed by atoms with Crippen molar-refractivity contribution in [2.24, 2.45) is 5.41 Å². The number of nitrogens with zero attached hydrogens (tertiary/aromatic N) is 5. The van der Waals surface area contributed by atoms with Crippen LogP contribution in [-0.4, -0.2) is 101 Å². The normalized spacial score (nSPS) is 22.6. The largest absolute Gasteiger partial charge is 0.492 e. The Labute approximate surface area is 271 Å². The molecule has 3 saturated heterocycles. The number of fused-ring (bicyclic) bond motifs is 1. The zero-order valence-electron chi connectivity index (χ0n) is 26.1. The van der Waals surface area contributed by atoms with Crippen LogP contribution < -0.4 is 15.6 Å². The third kappa shape index (κ3) is 7.08. The lowest BCUT2D eigenvalue weighted by Gasteiger charge is -2.54. The van der Waals surface area contributed by atoms with Crippen molar-refractivity contribution >= 4 is 44.1 Å². The van der Waals surface area contributed by atoms with Gasteiger partial charge in [0, 0.05) is 63.4 Å². The molecule has 3 aliphatic heterocycles. The minimum atomic E-state index is -0.451. The summed E-state index contributed by atoms with van der Waals surface area (Å²) in [5.74, 6) is 1.87. The number of carbonyl (C=O) groups excluding carboxylic acids is 1. The number of anilines is 1.